The first kappa shape index (κ1) is 19.1. The van der Waals surface area contributed by atoms with Crippen molar-refractivity contribution in [2.24, 2.45) is 7.05 Å². The Morgan fingerprint density at radius 1 is 1.13 bits per heavy atom. The summed E-state index contributed by atoms with van der Waals surface area (Å²) in [5, 5.41) is 4.73. The van der Waals surface area contributed by atoms with E-state index in [0.717, 1.165) is 34.8 Å². The van der Waals surface area contributed by atoms with E-state index in [0.29, 0.717) is 17.0 Å². The van der Waals surface area contributed by atoms with Gasteiger partial charge in [0.25, 0.3) is 0 Å². The molecule has 0 spiro atoms. The second kappa shape index (κ2) is 7.43. The van der Waals surface area contributed by atoms with Crippen LogP contribution in [0.2, 0.25) is 0 Å². The summed E-state index contributed by atoms with van der Waals surface area (Å²) in [6.45, 7) is 1.92. The number of imidazole rings is 2. The van der Waals surface area contributed by atoms with E-state index in [1.165, 1.54) is 12.1 Å². The van der Waals surface area contributed by atoms with Crippen LogP contribution in [0.5, 0.6) is 0 Å². The van der Waals surface area contributed by atoms with Crippen LogP contribution in [0.25, 0.3) is 28.3 Å². The predicted molar refractivity (Wildman–Crippen MR) is 116 cm³/mol. The molecule has 0 fully saturated rings. The number of aryl methyl sites for hydroxylation is 1. The van der Waals surface area contributed by atoms with Gasteiger partial charge < -0.3 is 4.57 Å². The summed E-state index contributed by atoms with van der Waals surface area (Å²) in [7, 11) is 1.93. The van der Waals surface area contributed by atoms with Gasteiger partial charge in [0.2, 0.25) is 0 Å². The van der Waals surface area contributed by atoms with Gasteiger partial charge in [-0.25, -0.2) is 18.9 Å². The van der Waals surface area contributed by atoms with Crippen LogP contribution in [0.15, 0.2) is 66.4 Å². The van der Waals surface area contributed by atoms with Gasteiger partial charge in [-0.15, -0.1) is 0 Å². The minimum absolute atomic E-state index is 0.0539. The van der Waals surface area contributed by atoms with E-state index < -0.39 is 0 Å². The number of ketones is 1. The minimum atomic E-state index is -0.290. The van der Waals surface area contributed by atoms with Crippen molar-refractivity contribution in [1.29, 1.82) is 0 Å². The third-order valence-corrected chi connectivity index (χ3v) is 5.48. The van der Waals surface area contributed by atoms with Crippen LogP contribution in [0.3, 0.4) is 0 Å². The minimum Gasteiger partial charge on any atom is -0.330 e. The number of carbonyl (C=O) groups is 1. The standard InChI is InChI=1S/C24H20FN5O/c1-15-26-23(17-7-9-18(25)10-8-17)24(29(15)2)20-11-12-22-27-19(14-30(22)28-20)13-21(31)16-5-3-4-6-16/h3,5-12,14H,4,13H2,1-2H3. The quantitative estimate of drug-likeness (QED) is 0.491. The van der Waals surface area contributed by atoms with Crippen LogP contribution >= 0.6 is 0 Å². The molecule has 0 radical (unpaired) electrons. The molecule has 31 heavy (non-hydrogen) atoms. The number of carbonyl (C=O) groups excluding carboxylic acids is 1. The first-order valence-electron chi connectivity index (χ1n) is 10.0. The van der Waals surface area contributed by atoms with Crippen molar-refractivity contribution in [2.75, 3.05) is 0 Å². The maximum absolute atomic E-state index is 13.4. The second-order valence-corrected chi connectivity index (χ2v) is 7.57. The molecule has 6 nitrogen and oxygen atoms in total. The molecule has 5 rings (SSSR count). The summed E-state index contributed by atoms with van der Waals surface area (Å²) in [5.41, 5.74) is 5.19. The number of aromatic nitrogens is 5. The Morgan fingerprint density at radius 3 is 2.68 bits per heavy atom. The number of rotatable bonds is 5. The van der Waals surface area contributed by atoms with E-state index in [9.17, 15) is 9.18 Å². The number of hydrogen-bond donors (Lipinski definition) is 0. The summed E-state index contributed by atoms with van der Waals surface area (Å²) in [6.07, 6.45) is 8.58. The van der Waals surface area contributed by atoms with Crippen molar-refractivity contribution in [1.82, 2.24) is 24.1 Å². The average molecular weight is 413 g/mol. The van der Waals surface area contributed by atoms with Crippen molar-refractivity contribution in [3.63, 3.8) is 0 Å². The van der Waals surface area contributed by atoms with E-state index in [-0.39, 0.29) is 18.0 Å². The SMILES string of the molecule is Cc1nc(-c2ccc(F)cc2)c(-c2ccc3nc(CC(=O)C4=CCC=C4)cn3n2)n1C. The maximum atomic E-state index is 13.4. The van der Waals surface area contributed by atoms with E-state index in [4.69, 9.17) is 5.10 Å². The number of nitrogens with zero attached hydrogens (tertiary/aromatic N) is 5. The topological polar surface area (TPSA) is 65.1 Å². The zero-order chi connectivity index (χ0) is 21.5. The lowest BCUT2D eigenvalue weighted by atomic mass is 10.1. The molecule has 1 aliphatic carbocycles. The highest BCUT2D eigenvalue weighted by atomic mass is 19.1. The summed E-state index contributed by atoms with van der Waals surface area (Å²) in [6, 6.07) is 10.0. The molecule has 4 aromatic rings. The smallest absolute Gasteiger partial charge is 0.168 e. The molecule has 0 unspecified atom stereocenters. The van der Waals surface area contributed by atoms with Gasteiger partial charge in [-0.05, 0) is 49.7 Å². The van der Waals surface area contributed by atoms with Crippen molar-refractivity contribution < 1.29 is 9.18 Å². The number of benzene rings is 1. The van der Waals surface area contributed by atoms with Crippen LogP contribution < -0.4 is 0 Å². The van der Waals surface area contributed by atoms with Gasteiger partial charge in [-0.1, -0.05) is 18.2 Å². The molecule has 0 atom stereocenters. The average Bonchev–Trinajstić information content (AvgIpc) is 3.48. The molecular formula is C24H20FN5O. The fraction of sp³-hybridized carbons (Fsp3) is 0.167. The van der Waals surface area contributed by atoms with E-state index in [1.807, 2.05) is 48.9 Å². The first-order chi connectivity index (χ1) is 15.0. The Hall–Kier alpha value is -3.87. The molecule has 0 aliphatic heterocycles. The fourth-order valence-corrected chi connectivity index (χ4v) is 3.79. The Labute approximate surface area is 178 Å². The summed E-state index contributed by atoms with van der Waals surface area (Å²) in [5.74, 6) is 0.589. The Morgan fingerprint density at radius 2 is 1.94 bits per heavy atom. The van der Waals surface area contributed by atoms with Crippen molar-refractivity contribution in [2.45, 2.75) is 19.8 Å². The Balaban J connectivity index is 1.53. The summed E-state index contributed by atoms with van der Waals surface area (Å²) < 4.78 is 17.1. The highest BCUT2D eigenvalue weighted by Crippen LogP contribution is 2.31. The molecule has 1 aromatic carbocycles. The summed E-state index contributed by atoms with van der Waals surface area (Å²) >= 11 is 0. The van der Waals surface area contributed by atoms with Gasteiger partial charge in [0, 0.05) is 18.2 Å². The van der Waals surface area contributed by atoms with Gasteiger partial charge >= 0.3 is 0 Å². The number of hydrogen-bond acceptors (Lipinski definition) is 4. The van der Waals surface area contributed by atoms with E-state index in [1.54, 1.807) is 22.8 Å². The van der Waals surface area contributed by atoms with E-state index >= 15 is 0 Å². The molecule has 3 heterocycles. The lowest BCUT2D eigenvalue weighted by Crippen LogP contribution is -2.04. The maximum Gasteiger partial charge on any atom is 0.168 e. The molecule has 0 N–H and O–H groups in total. The summed E-state index contributed by atoms with van der Waals surface area (Å²) in [4.78, 5) is 21.6. The Bertz CT molecular complexity index is 1380. The molecule has 7 heteroatoms. The van der Waals surface area contributed by atoms with Gasteiger partial charge in [0.15, 0.2) is 11.4 Å². The molecule has 0 saturated carbocycles. The van der Waals surface area contributed by atoms with Crippen molar-refractivity contribution in [3.8, 4) is 22.6 Å². The molecule has 3 aromatic heterocycles. The number of fused-ring (bicyclic) bond motifs is 1. The molecule has 0 bridgehead atoms. The zero-order valence-electron chi connectivity index (χ0n) is 17.2. The van der Waals surface area contributed by atoms with Crippen LogP contribution in [0, 0.1) is 12.7 Å². The molecule has 0 saturated heterocycles. The number of halogens is 1. The Kier molecular flexibility index (Phi) is 4.58. The number of allylic oxidation sites excluding steroid dienone is 4. The normalized spacial score (nSPS) is 13.2. The van der Waals surface area contributed by atoms with Gasteiger partial charge in [-0.2, -0.15) is 5.10 Å². The second-order valence-electron chi connectivity index (χ2n) is 7.57. The highest BCUT2D eigenvalue weighted by molar-refractivity contribution is 5.99. The number of Topliss-reactive ketones (excluding diaryl/α,β-unsaturated/α-hetero) is 1. The van der Waals surface area contributed by atoms with E-state index in [2.05, 4.69) is 9.97 Å². The van der Waals surface area contributed by atoms with Crippen LogP contribution in [-0.4, -0.2) is 29.9 Å². The van der Waals surface area contributed by atoms with Crippen LogP contribution in [-0.2, 0) is 18.3 Å². The predicted octanol–water partition coefficient (Wildman–Crippen LogP) is 4.24. The monoisotopic (exact) mass is 413 g/mol. The third-order valence-electron chi connectivity index (χ3n) is 5.48. The van der Waals surface area contributed by atoms with Crippen LogP contribution in [0.4, 0.5) is 4.39 Å². The van der Waals surface area contributed by atoms with Crippen molar-refractivity contribution >= 4 is 11.4 Å². The molecule has 0 amide bonds. The zero-order valence-corrected chi connectivity index (χ0v) is 17.2. The van der Waals surface area contributed by atoms with Gasteiger partial charge in [0.1, 0.15) is 17.3 Å². The molecule has 154 valence electrons. The highest BCUT2D eigenvalue weighted by Gasteiger charge is 2.19. The lowest BCUT2D eigenvalue weighted by molar-refractivity contribution is -0.114. The van der Waals surface area contributed by atoms with Crippen molar-refractivity contribution in [3.05, 3.63) is 83.7 Å². The molecule has 1 aliphatic rings. The molecular weight excluding hydrogens is 393 g/mol. The lowest BCUT2D eigenvalue weighted by Gasteiger charge is -2.07. The first-order valence-corrected chi connectivity index (χ1v) is 10.0. The van der Waals surface area contributed by atoms with Crippen LogP contribution in [0.1, 0.15) is 17.9 Å². The largest absolute Gasteiger partial charge is 0.330 e. The van der Waals surface area contributed by atoms with Gasteiger partial charge in [0.05, 0.1) is 29.7 Å². The van der Waals surface area contributed by atoms with Gasteiger partial charge in [-0.3, -0.25) is 4.79 Å². The third kappa shape index (κ3) is 3.48. The fourth-order valence-electron chi connectivity index (χ4n) is 3.79.